The molecule has 2 unspecified atom stereocenters. The fraction of sp³-hybridized carbons (Fsp3) is 1.00. The molecule has 0 aromatic carbocycles. The van der Waals surface area contributed by atoms with Gasteiger partial charge >= 0.3 is 0 Å². The summed E-state index contributed by atoms with van der Waals surface area (Å²) in [7, 11) is 2.19. The van der Waals surface area contributed by atoms with Crippen molar-refractivity contribution in [3.05, 3.63) is 0 Å². The van der Waals surface area contributed by atoms with E-state index in [0.717, 1.165) is 39.3 Å². The molecule has 2 aliphatic rings. The lowest BCUT2D eigenvalue weighted by atomic mass is 10.1. The summed E-state index contributed by atoms with van der Waals surface area (Å²) in [6.45, 7) is 9.86. The number of hydrogen-bond acceptors (Lipinski definition) is 4. The molecule has 0 aromatic heterocycles. The molecule has 2 aliphatic heterocycles. The van der Waals surface area contributed by atoms with Crippen molar-refractivity contribution in [2.45, 2.75) is 25.5 Å². The van der Waals surface area contributed by atoms with Crippen LogP contribution in [0, 0.1) is 0 Å². The zero-order chi connectivity index (χ0) is 11.4. The van der Waals surface area contributed by atoms with Gasteiger partial charge in [0.05, 0.1) is 12.7 Å². The van der Waals surface area contributed by atoms with Crippen molar-refractivity contribution in [3.8, 4) is 0 Å². The first-order chi connectivity index (χ1) is 7.79. The van der Waals surface area contributed by atoms with Gasteiger partial charge in [-0.15, -0.1) is 0 Å². The van der Waals surface area contributed by atoms with E-state index in [1.807, 2.05) is 0 Å². The van der Waals surface area contributed by atoms with Crippen LogP contribution in [0.4, 0.5) is 0 Å². The normalized spacial score (nSPS) is 34.1. The molecule has 16 heavy (non-hydrogen) atoms. The van der Waals surface area contributed by atoms with Gasteiger partial charge in [0, 0.05) is 45.3 Å². The molecule has 2 saturated heterocycles. The minimum Gasteiger partial charge on any atom is -0.374 e. The first-order valence-electron chi connectivity index (χ1n) is 6.54. The Bertz CT molecular complexity index is 212. The highest BCUT2D eigenvalue weighted by Crippen LogP contribution is 2.11. The van der Waals surface area contributed by atoms with Crippen LogP contribution in [0.3, 0.4) is 0 Å². The number of nitrogens with zero attached hydrogens (tertiary/aromatic N) is 2. The van der Waals surface area contributed by atoms with Crippen LogP contribution in [0.25, 0.3) is 0 Å². The smallest absolute Gasteiger partial charge is 0.0829 e. The molecule has 2 atom stereocenters. The van der Waals surface area contributed by atoms with Gasteiger partial charge in [-0.3, -0.25) is 4.90 Å². The topological polar surface area (TPSA) is 27.7 Å². The average molecular weight is 227 g/mol. The third kappa shape index (κ3) is 3.17. The molecule has 0 aliphatic carbocycles. The Balaban J connectivity index is 1.82. The number of likely N-dealkylation sites (N-methyl/N-ethyl adjacent to an activating group) is 1. The van der Waals surface area contributed by atoms with E-state index >= 15 is 0 Å². The Morgan fingerprint density at radius 3 is 3.00 bits per heavy atom. The molecule has 0 spiro atoms. The largest absolute Gasteiger partial charge is 0.374 e. The van der Waals surface area contributed by atoms with Gasteiger partial charge in [-0.05, 0) is 13.5 Å². The zero-order valence-electron chi connectivity index (χ0n) is 10.6. The first-order valence-corrected chi connectivity index (χ1v) is 6.54. The van der Waals surface area contributed by atoms with E-state index in [4.69, 9.17) is 4.74 Å². The highest BCUT2D eigenvalue weighted by atomic mass is 16.5. The summed E-state index contributed by atoms with van der Waals surface area (Å²) in [5.74, 6) is 0. The van der Waals surface area contributed by atoms with Crippen LogP contribution in [-0.2, 0) is 4.74 Å². The van der Waals surface area contributed by atoms with Crippen molar-refractivity contribution < 1.29 is 4.74 Å². The Kier molecular flexibility index (Phi) is 4.58. The van der Waals surface area contributed by atoms with Gasteiger partial charge in [0.15, 0.2) is 0 Å². The van der Waals surface area contributed by atoms with Crippen molar-refractivity contribution in [2.24, 2.45) is 0 Å². The van der Waals surface area contributed by atoms with Crippen LogP contribution in [0.15, 0.2) is 0 Å². The molecule has 0 bridgehead atoms. The summed E-state index contributed by atoms with van der Waals surface area (Å²) in [4.78, 5) is 4.97. The van der Waals surface area contributed by atoms with Gasteiger partial charge in [-0.25, -0.2) is 0 Å². The van der Waals surface area contributed by atoms with Crippen molar-refractivity contribution in [3.63, 3.8) is 0 Å². The summed E-state index contributed by atoms with van der Waals surface area (Å²) < 4.78 is 5.84. The van der Waals surface area contributed by atoms with Crippen LogP contribution in [-0.4, -0.2) is 74.9 Å². The Labute approximate surface area is 98.9 Å². The lowest BCUT2D eigenvalue weighted by Crippen LogP contribution is -2.55. The van der Waals surface area contributed by atoms with Gasteiger partial charge in [0.25, 0.3) is 0 Å². The Morgan fingerprint density at radius 1 is 1.38 bits per heavy atom. The molecule has 2 rings (SSSR count). The van der Waals surface area contributed by atoms with Crippen LogP contribution >= 0.6 is 0 Å². The highest BCUT2D eigenvalue weighted by Gasteiger charge is 2.26. The fourth-order valence-corrected chi connectivity index (χ4v) is 2.68. The standard InChI is InChI=1S/C12H25N3O/c1-3-11-8-13-4-5-15(11)10-12-9-14(2)6-7-16-12/h11-13H,3-10H2,1-2H3. The average Bonchev–Trinajstić information content (AvgIpc) is 2.30. The molecule has 94 valence electrons. The maximum absolute atomic E-state index is 5.84. The van der Waals surface area contributed by atoms with E-state index < -0.39 is 0 Å². The quantitative estimate of drug-likeness (QED) is 0.734. The number of piperazine rings is 1. The predicted octanol–water partition coefficient (Wildman–Crippen LogP) is 0.000800. The Morgan fingerprint density at radius 2 is 2.25 bits per heavy atom. The molecule has 2 fully saturated rings. The Hall–Kier alpha value is -0.160. The molecule has 0 aromatic rings. The van der Waals surface area contributed by atoms with Gasteiger partial charge in [-0.1, -0.05) is 6.92 Å². The van der Waals surface area contributed by atoms with Crippen LogP contribution < -0.4 is 5.32 Å². The van der Waals surface area contributed by atoms with Crippen molar-refractivity contribution in [1.29, 1.82) is 0 Å². The summed E-state index contributed by atoms with van der Waals surface area (Å²) in [5.41, 5.74) is 0. The van der Waals surface area contributed by atoms with Crippen LogP contribution in [0.1, 0.15) is 13.3 Å². The summed E-state index contributed by atoms with van der Waals surface area (Å²) in [6.07, 6.45) is 1.64. The van der Waals surface area contributed by atoms with E-state index in [1.165, 1.54) is 13.0 Å². The molecule has 2 heterocycles. The molecular weight excluding hydrogens is 202 g/mol. The molecule has 1 N–H and O–H groups in total. The van der Waals surface area contributed by atoms with E-state index in [1.54, 1.807) is 0 Å². The second-order valence-electron chi connectivity index (χ2n) is 5.02. The molecular formula is C12H25N3O. The zero-order valence-corrected chi connectivity index (χ0v) is 10.6. The van der Waals surface area contributed by atoms with Gasteiger partial charge in [-0.2, -0.15) is 0 Å². The summed E-state index contributed by atoms with van der Waals surface area (Å²) in [5, 5.41) is 3.47. The van der Waals surface area contributed by atoms with E-state index in [-0.39, 0.29) is 0 Å². The third-order valence-corrected chi connectivity index (χ3v) is 3.72. The lowest BCUT2D eigenvalue weighted by Gasteiger charge is -2.40. The second-order valence-corrected chi connectivity index (χ2v) is 5.02. The molecule has 4 nitrogen and oxygen atoms in total. The number of ether oxygens (including phenoxy) is 1. The fourth-order valence-electron chi connectivity index (χ4n) is 2.68. The number of nitrogens with one attached hydrogen (secondary N) is 1. The minimum atomic E-state index is 0.408. The van der Waals surface area contributed by atoms with Crippen molar-refractivity contribution in [1.82, 2.24) is 15.1 Å². The van der Waals surface area contributed by atoms with Gasteiger partial charge in [0.1, 0.15) is 0 Å². The highest BCUT2D eigenvalue weighted by molar-refractivity contribution is 4.82. The maximum Gasteiger partial charge on any atom is 0.0829 e. The SMILES string of the molecule is CCC1CNCCN1CC1CN(C)CCO1. The summed E-state index contributed by atoms with van der Waals surface area (Å²) >= 11 is 0. The first kappa shape index (κ1) is 12.3. The van der Waals surface area contributed by atoms with Gasteiger partial charge < -0.3 is 15.0 Å². The number of morpholine rings is 1. The van der Waals surface area contributed by atoms with Gasteiger partial charge in [0.2, 0.25) is 0 Å². The van der Waals surface area contributed by atoms with E-state index in [9.17, 15) is 0 Å². The van der Waals surface area contributed by atoms with E-state index in [2.05, 4.69) is 29.1 Å². The van der Waals surface area contributed by atoms with Crippen molar-refractivity contribution >= 4 is 0 Å². The molecule has 4 heteroatoms. The van der Waals surface area contributed by atoms with E-state index in [0.29, 0.717) is 12.1 Å². The number of hydrogen-bond donors (Lipinski definition) is 1. The summed E-state index contributed by atoms with van der Waals surface area (Å²) in [6, 6.07) is 0.699. The van der Waals surface area contributed by atoms with Crippen molar-refractivity contribution in [2.75, 3.05) is 52.9 Å². The predicted molar refractivity (Wildman–Crippen MR) is 65.8 cm³/mol. The third-order valence-electron chi connectivity index (χ3n) is 3.72. The monoisotopic (exact) mass is 227 g/mol. The molecule has 0 saturated carbocycles. The van der Waals surface area contributed by atoms with Crippen LogP contribution in [0.2, 0.25) is 0 Å². The van der Waals surface area contributed by atoms with Crippen LogP contribution in [0.5, 0.6) is 0 Å². The maximum atomic E-state index is 5.84. The number of rotatable bonds is 3. The lowest BCUT2D eigenvalue weighted by molar-refractivity contribution is -0.0439. The minimum absolute atomic E-state index is 0.408. The molecule has 0 amide bonds. The second kappa shape index (κ2) is 5.96. The molecule has 0 radical (unpaired) electrons.